The number of hydrogen-bond donors (Lipinski definition) is 0. The minimum Gasteiger partial charge on any atom is -0.382 e. The lowest BCUT2D eigenvalue weighted by Crippen LogP contribution is -2.06. The molecule has 0 N–H and O–H groups in total. The molecule has 16 heavy (non-hydrogen) atoms. The summed E-state index contributed by atoms with van der Waals surface area (Å²) in [5.74, 6) is 0. The Morgan fingerprint density at radius 3 is 2.44 bits per heavy atom. The third-order valence-electron chi connectivity index (χ3n) is 3.03. The van der Waals surface area contributed by atoms with Crippen LogP contribution in [0.3, 0.4) is 0 Å². The van der Waals surface area contributed by atoms with Crippen LogP contribution in [-0.2, 0) is 16.0 Å². The lowest BCUT2D eigenvalue weighted by atomic mass is 10.2. The maximum absolute atomic E-state index is 5.43. The molecule has 1 aromatic rings. The average Bonchev–Trinajstić information content (AvgIpc) is 2.51. The van der Waals surface area contributed by atoms with Gasteiger partial charge < -0.3 is 14.0 Å². The Labute approximate surface area is 98.4 Å². The molecule has 0 aliphatic carbocycles. The van der Waals surface area contributed by atoms with Crippen molar-refractivity contribution < 1.29 is 9.47 Å². The Hall–Kier alpha value is -0.800. The molecule has 0 saturated carbocycles. The first kappa shape index (κ1) is 13.3. The van der Waals surface area contributed by atoms with Crippen molar-refractivity contribution in [2.24, 2.45) is 0 Å². The summed E-state index contributed by atoms with van der Waals surface area (Å²) < 4.78 is 12.7. The van der Waals surface area contributed by atoms with E-state index in [1.165, 1.54) is 16.8 Å². The van der Waals surface area contributed by atoms with E-state index in [1.807, 2.05) is 0 Å². The first-order chi connectivity index (χ1) is 7.66. The molecule has 92 valence electrons. The maximum atomic E-state index is 5.43. The summed E-state index contributed by atoms with van der Waals surface area (Å²) in [7, 11) is 1.69. The molecule has 0 amide bonds. The minimum atomic E-state index is 0.681. The lowest BCUT2D eigenvalue weighted by molar-refractivity contribution is 0.0680. The van der Waals surface area contributed by atoms with Gasteiger partial charge in [-0.1, -0.05) is 0 Å². The molecule has 3 nitrogen and oxygen atoms in total. The van der Waals surface area contributed by atoms with E-state index in [2.05, 4.69) is 31.5 Å². The van der Waals surface area contributed by atoms with Crippen LogP contribution < -0.4 is 0 Å². The van der Waals surface area contributed by atoms with Gasteiger partial charge >= 0.3 is 0 Å². The number of hydrogen-bond acceptors (Lipinski definition) is 2. The zero-order valence-electron chi connectivity index (χ0n) is 10.9. The van der Waals surface area contributed by atoms with E-state index in [-0.39, 0.29) is 0 Å². The van der Waals surface area contributed by atoms with Crippen LogP contribution >= 0.6 is 0 Å². The van der Waals surface area contributed by atoms with Crippen molar-refractivity contribution in [1.29, 1.82) is 0 Å². The predicted octanol–water partition coefficient (Wildman–Crippen LogP) is 2.47. The molecule has 0 radical (unpaired) electrons. The van der Waals surface area contributed by atoms with Gasteiger partial charge in [0, 0.05) is 32.2 Å². The van der Waals surface area contributed by atoms with Crippen LogP contribution in [0.2, 0.25) is 0 Å². The summed E-state index contributed by atoms with van der Waals surface area (Å²) in [6.07, 6.45) is 3.28. The van der Waals surface area contributed by atoms with E-state index < -0.39 is 0 Å². The van der Waals surface area contributed by atoms with Gasteiger partial charge in [-0.05, 0) is 38.3 Å². The average molecular weight is 225 g/mol. The van der Waals surface area contributed by atoms with Crippen LogP contribution in [0, 0.1) is 20.8 Å². The molecular weight excluding hydrogens is 202 g/mol. The highest BCUT2D eigenvalue weighted by Gasteiger charge is 2.04. The SMILES string of the molecule is COCCOCCCn1cc(C)c(C)c1C. The molecule has 0 fully saturated rings. The van der Waals surface area contributed by atoms with Gasteiger partial charge in [0.05, 0.1) is 13.2 Å². The van der Waals surface area contributed by atoms with Crippen LogP contribution in [0.25, 0.3) is 0 Å². The summed E-state index contributed by atoms with van der Waals surface area (Å²) in [5.41, 5.74) is 4.15. The maximum Gasteiger partial charge on any atom is 0.0700 e. The summed E-state index contributed by atoms with van der Waals surface area (Å²) >= 11 is 0. The highest BCUT2D eigenvalue weighted by atomic mass is 16.5. The van der Waals surface area contributed by atoms with Crippen molar-refractivity contribution in [2.75, 3.05) is 26.9 Å². The van der Waals surface area contributed by atoms with E-state index >= 15 is 0 Å². The van der Waals surface area contributed by atoms with E-state index in [0.717, 1.165) is 19.6 Å². The molecule has 0 aliphatic rings. The van der Waals surface area contributed by atoms with Gasteiger partial charge in [-0.25, -0.2) is 0 Å². The fourth-order valence-electron chi connectivity index (χ4n) is 1.74. The van der Waals surface area contributed by atoms with Crippen LogP contribution in [0.15, 0.2) is 6.20 Å². The second kappa shape index (κ2) is 6.71. The molecule has 0 aromatic carbocycles. The molecule has 0 saturated heterocycles. The van der Waals surface area contributed by atoms with Gasteiger partial charge in [0.25, 0.3) is 0 Å². The summed E-state index contributed by atoms with van der Waals surface area (Å²) in [4.78, 5) is 0. The third-order valence-corrected chi connectivity index (χ3v) is 3.03. The van der Waals surface area contributed by atoms with Crippen LogP contribution in [0.4, 0.5) is 0 Å². The largest absolute Gasteiger partial charge is 0.382 e. The Morgan fingerprint density at radius 1 is 1.12 bits per heavy atom. The number of ether oxygens (including phenoxy) is 2. The van der Waals surface area contributed by atoms with E-state index in [0.29, 0.717) is 13.2 Å². The van der Waals surface area contributed by atoms with Crippen molar-refractivity contribution in [1.82, 2.24) is 4.57 Å². The topological polar surface area (TPSA) is 23.4 Å². The monoisotopic (exact) mass is 225 g/mol. The Bertz CT molecular complexity index is 318. The number of aromatic nitrogens is 1. The first-order valence-corrected chi connectivity index (χ1v) is 5.86. The molecule has 0 bridgehead atoms. The molecule has 1 rings (SSSR count). The van der Waals surface area contributed by atoms with E-state index in [1.54, 1.807) is 7.11 Å². The number of methoxy groups -OCH3 is 1. The molecule has 3 heteroatoms. The zero-order chi connectivity index (χ0) is 12.0. The van der Waals surface area contributed by atoms with Crippen molar-refractivity contribution in [3.05, 3.63) is 23.0 Å². The molecule has 1 aromatic heterocycles. The molecule has 1 heterocycles. The Kier molecular flexibility index (Phi) is 5.56. The quantitative estimate of drug-likeness (QED) is 0.665. The second-order valence-electron chi connectivity index (χ2n) is 4.17. The lowest BCUT2D eigenvalue weighted by Gasteiger charge is -2.07. The summed E-state index contributed by atoms with van der Waals surface area (Å²) in [6.45, 7) is 9.73. The van der Waals surface area contributed by atoms with Crippen molar-refractivity contribution in [2.45, 2.75) is 33.7 Å². The first-order valence-electron chi connectivity index (χ1n) is 5.86. The Morgan fingerprint density at radius 2 is 1.88 bits per heavy atom. The van der Waals surface area contributed by atoms with Crippen LogP contribution in [0.1, 0.15) is 23.2 Å². The van der Waals surface area contributed by atoms with Crippen molar-refractivity contribution >= 4 is 0 Å². The van der Waals surface area contributed by atoms with Crippen LogP contribution in [-0.4, -0.2) is 31.5 Å². The fourth-order valence-corrected chi connectivity index (χ4v) is 1.74. The normalized spacial score (nSPS) is 11.0. The number of aryl methyl sites for hydroxylation is 2. The van der Waals surface area contributed by atoms with Crippen LogP contribution in [0.5, 0.6) is 0 Å². The predicted molar refractivity (Wildman–Crippen MR) is 66.0 cm³/mol. The molecular formula is C13H23NO2. The second-order valence-corrected chi connectivity index (χ2v) is 4.17. The van der Waals surface area contributed by atoms with E-state index in [4.69, 9.17) is 9.47 Å². The number of nitrogens with zero attached hydrogens (tertiary/aromatic N) is 1. The minimum absolute atomic E-state index is 0.681. The standard InChI is InChI=1S/C13H23NO2/c1-11-10-14(13(3)12(11)2)6-5-7-16-9-8-15-4/h10H,5-9H2,1-4H3. The zero-order valence-corrected chi connectivity index (χ0v) is 10.9. The third kappa shape index (κ3) is 3.65. The number of rotatable bonds is 7. The molecule has 0 spiro atoms. The van der Waals surface area contributed by atoms with E-state index in [9.17, 15) is 0 Å². The van der Waals surface area contributed by atoms with Gasteiger partial charge in [0.1, 0.15) is 0 Å². The molecule has 0 unspecified atom stereocenters. The van der Waals surface area contributed by atoms with Crippen molar-refractivity contribution in [3.63, 3.8) is 0 Å². The van der Waals surface area contributed by atoms with Gasteiger partial charge in [0.15, 0.2) is 0 Å². The highest BCUT2D eigenvalue weighted by Crippen LogP contribution is 2.14. The fraction of sp³-hybridized carbons (Fsp3) is 0.692. The van der Waals surface area contributed by atoms with Gasteiger partial charge in [-0.2, -0.15) is 0 Å². The summed E-state index contributed by atoms with van der Waals surface area (Å²) in [6, 6.07) is 0. The smallest absolute Gasteiger partial charge is 0.0700 e. The highest BCUT2D eigenvalue weighted by molar-refractivity contribution is 5.28. The van der Waals surface area contributed by atoms with Gasteiger partial charge in [0.2, 0.25) is 0 Å². The molecule has 0 aliphatic heterocycles. The van der Waals surface area contributed by atoms with Gasteiger partial charge in [-0.15, -0.1) is 0 Å². The summed E-state index contributed by atoms with van der Waals surface area (Å²) in [5, 5.41) is 0. The van der Waals surface area contributed by atoms with Gasteiger partial charge in [-0.3, -0.25) is 0 Å². The molecule has 0 atom stereocenters. The van der Waals surface area contributed by atoms with Crippen molar-refractivity contribution in [3.8, 4) is 0 Å². The Balaban J connectivity index is 2.24.